The first kappa shape index (κ1) is 16.7. The van der Waals surface area contributed by atoms with Crippen LogP contribution >= 0.6 is 0 Å². The van der Waals surface area contributed by atoms with Gasteiger partial charge in [0.05, 0.1) is 11.3 Å². The summed E-state index contributed by atoms with van der Waals surface area (Å²) < 4.78 is 0. The Morgan fingerprint density at radius 3 is 2.65 bits per heavy atom. The Labute approximate surface area is 156 Å². The van der Waals surface area contributed by atoms with Gasteiger partial charge in [0.1, 0.15) is 5.82 Å². The fourth-order valence-corrected chi connectivity index (χ4v) is 4.98. The number of carbonyl (C=O) groups excluding carboxylic acids is 1. The molecule has 5 heteroatoms. The number of hydrogen-bond acceptors (Lipinski definition) is 4. The first-order valence-electron chi connectivity index (χ1n) is 10.5. The number of hydrogen-bond donors (Lipinski definition) is 0. The largest absolute Gasteiger partial charge is 0.337 e. The highest BCUT2D eigenvalue weighted by Gasteiger charge is 2.38. The van der Waals surface area contributed by atoms with Crippen molar-refractivity contribution in [1.29, 1.82) is 0 Å². The van der Waals surface area contributed by atoms with E-state index >= 15 is 0 Å². The average Bonchev–Trinajstić information content (AvgIpc) is 3.44. The van der Waals surface area contributed by atoms with Crippen LogP contribution in [0.4, 0.5) is 0 Å². The predicted octanol–water partition coefficient (Wildman–Crippen LogP) is 3.00. The number of fused-ring (bicyclic) bond motifs is 4. The summed E-state index contributed by atoms with van der Waals surface area (Å²) >= 11 is 0. The van der Waals surface area contributed by atoms with Gasteiger partial charge >= 0.3 is 0 Å². The Balaban J connectivity index is 1.31. The molecule has 140 valence electrons. The lowest BCUT2D eigenvalue weighted by Crippen LogP contribution is -2.47. The minimum atomic E-state index is 0.146. The van der Waals surface area contributed by atoms with Crippen LogP contribution in [0.3, 0.4) is 0 Å². The molecule has 26 heavy (non-hydrogen) atoms. The Morgan fingerprint density at radius 2 is 1.96 bits per heavy atom. The van der Waals surface area contributed by atoms with Crippen LogP contribution in [-0.4, -0.2) is 57.9 Å². The summed E-state index contributed by atoms with van der Waals surface area (Å²) in [6, 6.07) is 0.547. The molecule has 0 unspecified atom stereocenters. The van der Waals surface area contributed by atoms with E-state index in [1.807, 2.05) is 6.92 Å². The zero-order valence-corrected chi connectivity index (χ0v) is 15.9. The van der Waals surface area contributed by atoms with Crippen molar-refractivity contribution < 1.29 is 4.79 Å². The number of piperidine rings is 1. The first-order chi connectivity index (χ1) is 12.7. The highest BCUT2D eigenvalue weighted by Crippen LogP contribution is 2.38. The molecule has 0 spiro atoms. The van der Waals surface area contributed by atoms with Gasteiger partial charge in [0.15, 0.2) is 0 Å². The molecule has 0 radical (unpaired) electrons. The van der Waals surface area contributed by atoms with Crippen molar-refractivity contribution in [2.75, 3.05) is 26.2 Å². The van der Waals surface area contributed by atoms with Gasteiger partial charge in [0, 0.05) is 44.3 Å². The summed E-state index contributed by atoms with van der Waals surface area (Å²) in [5.41, 5.74) is 1.57. The number of aryl methyl sites for hydroxylation is 1. The highest BCUT2D eigenvalue weighted by atomic mass is 16.2. The number of carbonyl (C=O) groups is 1. The van der Waals surface area contributed by atoms with E-state index < -0.39 is 0 Å². The van der Waals surface area contributed by atoms with Gasteiger partial charge in [-0.1, -0.05) is 6.42 Å². The van der Waals surface area contributed by atoms with E-state index in [1.54, 1.807) is 6.20 Å². The molecule has 2 atom stereocenters. The molecule has 2 bridgehead atoms. The Kier molecular flexibility index (Phi) is 4.23. The third-order valence-corrected chi connectivity index (χ3v) is 7.00. The molecule has 5 fully saturated rings. The van der Waals surface area contributed by atoms with Crippen LogP contribution in [0.5, 0.6) is 0 Å². The number of rotatable bonds is 4. The van der Waals surface area contributed by atoms with E-state index in [-0.39, 0.29) is 5.91 Å². The summed E-state index contributed by atoms with van der Waals surface area (Å²) in [7, 11) is 0. The fourth-order valence-electron chi connectivity index (χ4n) is 4.98. The molecule has 1 aromatic heterocycles. The molecule has 6 rings (SSSR count). The lowest BCUT2D eigenvalue weighted by atomic mass is 9.83. The quantitative estimate of drug-likeness (QED) is 0.834. The summed E-state index contributed by atoms with van der Waals surface area (Å²) in [5, 5.41) is 0. The molecular weight excluding hydrogens is 324 g/mol. The van der Waals surface area contributed by atoms with Crippen LogP contribution in [0, 0.1) is 18.8 Å². The molecule has 5 aliphatic rings. The van der Waals surface area contributed by atoms with Gasteiger partial charge in [-0.25, -0.2) is 9.97 Å². The minimum Gasteiger partial charge on any atom is -0.337 e. The van der Waals surface area contributed by atoms with E-state index in [0.717, 1.165) is 30.5 Å². The molecule has 0 aromatic carbocycles. The van der Waals surface area contributed by atoms with Crippen LogP contribution in [0.15, 0.2) is 6.20 Å². The van der Waals surface area contributed by atoms with Crippen molar-refractivity contribution >= 4 is 5.91 Å². The number of nitrogens with zero attached hydrogens (tertiary/aromatic N) is 4. The van der Waals surface area contributed by atoms with Gasteiger partial charge in [-0.3, -0.25) is 9.69 Å². The summed E-state index contributed by atoms with van der Waals surface area (Å²) in [4.78, 5) is 27.1. The minimum absolute atomic E-state index is 0.146. The Hall–Kier alpha value is -1.49. The Morgan fingerprint density at radius 1 is 1.12 bits per heavy atom. The van der Waals surface area contributed by atoms with Gasteiger partial charge in [-0.2, -0.15) is 0 Å². The topological polar surface area (TPSA) is 49.3 Å². The molecule has 3 aliphatic heterocycles. The molecule has 5 nitrogen and oxygen atoms in total. The van der Waals surface area contributed by atoms with Crippen LogP contribution in [0.2, 0.25) is 0 Å². The fraction of sp³-hybridized carbons (Fsp3) is 0.762. The first-order valence-corrected chi connectivity index (χ1v) is 10.5. The number of aromatic nitrogens is 2. The maximum absolute atomic E-state index is 13.2. The van der Waals surface area contributed by atoms with Gasteiger partial charge in [0.2, 0.25) is 0 Å². The second kappa shape index (κ2) is 6.59. The van der Waals surface area contributed by atoms with Crippen molar-refractivity contribution in [3.63, 3.8) is 0 Å². The predicted molar refractivity (Wildman–Crippen MR) is 100 cm³/mol. The zero-order chi connectivity index (χ0) is 17.7. The average molecular weight is 354 g/mol. The molecule has 4 heterocycles. The third kappa shape index (κ3) is 3.15. The lowest BCUT2D eigenvalue weighted by molar-refractivity contribution is 0.0715. The maximum Gasteiger partial charge on any atom is 0.257 e. The second-order valence-corrected chi connectivity index (χ2v) is 9.06. The highest BCUT2D eigenvalue weighted by molar-refractivity contribution is 5.95. The lowest BCUT2D eigenvalue weighted by Gasteiger charge is -2.40. The van der Waals surface area contributed by atoms with E-state index in [9.17, 15) is 4.79 Å². The maximum atomic E-state index is 13.2. The van der Waals surface area contributed by atoms with Crippen molar-refractivity contribution in [3.8, 4) is 0 Å². The third-order valence-electron chi connectivity index (χ3n) is 7.00. The van der Waals surface area contributed by atoms with E-state index in [4.69, 9.17) is 0 Å². The van der Waals surface area contributed by atoms with Crippen LogP contribution < -0.4 is 0 Å². The summed E-state index contributed by atoms with van der Waals surface area (Å²) in [6.07, 6.45) is 10.9. The van der Waals surface area contributed by atoms with Crippen molar-refractivity contribution in [3.05, 3.63) is 23.3 Å². The van der Waals surface area contributed by atoms with Crippen molar-refractivity contribution in [2.45, 2.75) is 63.8 Å². The molecule has 2 aliphatic carbocycles. The summed E-state index contributed by atoms with van der Waals surface area (Å²) in [6.45, 7) is 6.19. The van der Waals surface area contributed by atoms with E-state index in [1.165, 1.54) is 58.0 Å². The molecular formula is C21H30N4O. The van der Waals surface area contributed by atoms with Gasteiger partial charge in [0.25, 0.3) is 5.91 Å². The van der Waals surface area contributed by atoms with Crippen molar-refractivity contribution in [2.24, 2.45) is 11.8 Å². The molecule has 3 saturated heterocycles. The molecule has 0 N–H and O–H groups in total. The van der Waals surface area contributed by atoms with E-state index in [2.05, 4.69) is 19.8 Å². The van der Waals surface area contributed by atoms with Gasteiger partial charge in [-0.15, -0.1) is 0 Å². The second-order valence-electron chi connectivity index (χ2n) is 9.06. The van der Waals surface area contributed by atoms with Gasteiger partial charge < -0.3 is 4.90 Å². The summed E-state index contributed by atoms with van der Waals surface area (Å²) in [5.74, 6) is 3.15. The normalized spacial score (nSPS) is 29.5. The standard InChI is InChI=1S/C21H30N4O/c1-14-19(9-22-20(23-14)17-6-7-17)21(26)25-12-16-5-8-18(13-25)24(11-16)10-15-3-2-4-15/h9,15-18H,2-8,10-13H2,1H3/t16-,18-/m1/s1. The molecule has 2 saturated carbocycles. The monoisotopic (exact) mass is 354 g/mol. The van der Waals surface area contributed by atoms with Gasteiger partial charge in [-0.05, 0) is 57.3 Å². The smallest absolute Gasteiger partial charge is 0.257 e. The van der Waals surface area contributed by atoms with Crippen LogP contribution in [0.1, 0.15) is 72.7 Å². The Bertz CT molecular complexity index is 697. The van der Waals surface area contributed by atoms with E-state index in [0.29, 0.717) is 23.4 Å². The van der Waals surface area contributed by atoms with Crippen LogP contribution in [0.25, 0.3) is 0 Å². The zero-order valence-electron chi connectivity index (χ0n) is 15.9. The number of amides is 1. The molecule has 1 aromatic rings. The SMILES string of the molecule is Cc1nc(C2CC2)ncc1C(=O)N1C[C@@H]2CC[C@H](C1)N(CC1CCC1)C2. The molecule has 1 amide bonds. The van der Waals surface area contributed by atoms with Crippen LogP contribution in [-0.2, 0) is 0 Å². The van der Waals surface area contributed by atoms with Crippen molar-refractivity contribution in [1.82, 2.24) is 19.8 Å².